The first-order valence-electron chi connectivity index (χ1n) is 7.91. The molecule has 0 unspecified atom stereocenters. The Bertz CT molecular complexity index is 723. The number of aryl methyl sites for hydroxylation is 1. The van der Waals surface area contributed by atoms with Crippen molar-refractivity contribution < 1.29 is 9.59 Å². The molecule has 0 aliphatic carbocycles. The molecule has 3 N–H and O–H groups in total. The van der Waals surface area contributed by atoms with Crippen molar-refractivity contribution >= 4 is 11.8 Å². The highest BCUT2D eigenvalue weighted by atomic mass is 16.2. The van der Waals surface area contributed by atoms with Crippen LogP contribution in [0.2, 0.25) is 0 Å². The quantitative estimate of drug-likeness (QED) is 0.798. The van der Waals surface area contributed by atoms with Crippen LogP contribution in [0, 0.1) is 12.8 Å². The van der Waals surface area contributed by atoms with Crippen molar-refractivity contribution in [3.63, 3.8) is 0 Å². The van der Waals surface area contributed by atoms with Crippen LogP contribution >= 0.6 is 0 Å². The van der Waals surface area contributed by atoms with Gasteiger partial charge in [-0.3, -0.25) is 9.59 Å². The molecule has 2 aromatic rings. The van der Waals surface area contributed by atoms with Crippen molar-refractivity contribution in [1.29, 1.82) is 0 Å². The lowest BCUT2D eigenvalue weighted by atomic mass is 10.0. The number of hydrogen-bond acceptors (Lipinski definition) is 4. The Morgan fingerprint density at radius 2 is 2.00 bits per heavy atom. The number of nitrogens with zero attached hydrogens (tertiary/aromatic N) is 3. The number of nitrogens with one attached hydrogen (secondary N) is 1. The molecule has 0 radical (unpaired) electrons. The third-order valence-electron chi connectivity index (χ3n) is 3.72. The van der Waals surface area contributed by atoms with Crippen molar-refractivity contribution in [2.24, 2.45) is 11.7 Å². The topological polar surface area (TPSA) is 103 Å². The molecule has 0 saturated heterocycles. The van der Waals surface area contributed by atoms with Crippen molar-refractivity contribution in [2.45, 2.75) is 39.8 Å². The van der Waals surface area contributed by atoms with Gasteiger partial charge >= 0.3 is 0 Å². The molecule has 1 aromatic carbocycles. The highest BCUT2D eigenvalue weighted by Crippen LogP contribution is 2.09. The van der Waals surface area contributed by atoms with Crippen molar-refractivity contribution in [3.05, 3.63) is 47.3 Å². The van der Waals surface area contributed by atoms with E-state index in [2.05, 4.69) is 15.6 Å². The Morgan fingerprint density at radius 3 is 2.62 bits per heavy atom. The van der Waals surface area contributed by atoms with E-state index >= 15 is 0 Å². The molecule has 1 atom stereocenters. The number of carbonyl (C=O) groups is 2. The summed E-state index contributed by atoms with van der Waals surface area (Å²) in [7, 11) is 0. The van der Waals surface area contributed by atoms with Crippen LogP contribution in [0.5, 0.6) is 0 Å². The zero-order valence-electron chi connectivity index (χ0n) is 14.2. The standard InChI is InChI=1S/C17H23N5O2/c1-11(2)8-14(16(18)23)19-17(24)15-10-22(21-20-15)9-13-7-5-4-6-12(13)3/h4-7,10-11,14H,8-9H2,1-3H3,(H2,18,23)(H,19,24)/t14-/m0/s1. The summed E-state index contributed by atoms with van der Waals surface area (Å²) in [6.07, 6.45) is 2.05. The molecule has 2 rings (SSSR count). The second kappa shape index (κ2) is 7.72. The Morgan fingerprint density at radius 1 is 1.29 bits per heavy atom. The molecule has 24 heavy (non-hydrogen) atoms. The third kappa shape index (κ3) is 4.65. The number of carbonyl (C=O) groups excluding carboxylic acids is 2. The van der Waals surface area contributed by atoms with Gasteiger partial charge in [-0.05, 0) is 30.4 Å². The Balaban J connectivity index is 2.05. The Labute approximate surface area is 141 Å². The molecule has 0 bridgehead atoms. The van der Waals surface area contributed by atoms with Crippen LogP contribution in [-0.2, 0) is 11.3 Å². The number of benzene rings is 1. The number of rotatable bonds is 7. The summed E-state index contributed by atoms with van der Waals surface area (Å²) in [5.74, 6) is -0.764. The van der Waals surface area contributed by atoms with Crippen LogP contribution in [0.25, 0.3) is 0 Å². The fourth-order valence-electron chi connectivity index (χ4n) is 2.39. The van der Waals surface area contributed by atoms with Crippen LogP contribution in [0.15, 0.2) is 30.5 Å². The average Bonchev–Trinajstić information content (AvgIpc) is 2.97. The Kier molecular flexibility index (Phi) is 5.68. The summed E-state index contributed by atoms with van der Waals surface area (Å²) in [6.45, 7) is 6.46. The second-order valence-electron chi connectivity index (χ2n) is 6.29. The zero-order chi connectivity index (χ0) is 17.7. The lowest BCUT2D eigenvalue weighted by Crippen LogP contribution is -2.45. The van der Waals surface area contributed by atoms with Gasteiger partial charge in [-0.1, -0.05) is 43.3 Å². The fourth-order valence-corrected chi connectivity index (χ4v) is 2.39. The predicted molar refractivity (Wildman–Crippen MR) is 90.2 cm³/mol. The molecular weight excluding hydrogens is 306 g/mol. The highest BCUT2D eigenvalue weighted by Gasteiger charge is 2.21. The van der Waals surface area contributed by atoms with Crippen LogP contribution in [0.3, 0.4) is 0 Å². The van der Waals surface area contributed by atoms with E-state index in [-0.39, 0.29) is 11.6 Å². The van der Waals surface area contributed by atoms with Gasteiger partial charge in [0.25, 0.3) is 5.91 Å². The monoisotopic (exact) mass is 329 g/mol. The maximum atomic E-state index is 12.2. The molecular formula is C17H23N5O2. The van der Waals surface area contributed by atoms with Gasteiger partial charge in [-0.15, -0.1) is 5.10 Å². The molecule has 7 heteroatoms. The van der Waals surface area contributed by atoms with Gasteiger partial charge in [0.2, 0.25) is 5.91 Å². The number of hydrogen-bond donors (Lipinski definition) is 2. The maximum Gasteiger partial charge on any atom is 0.274 e. The van der Waals surface area contributed by atoms with Crippen LogP contribution in [0.4, 0.5) is 0 Å². The molecule has 0 aliphatic heterocycles. The summed E-state index contributed by atoms with van der Waals surface area (Å²) >= 11 is 0. The van der Waals surface area contributed by atoms with Gasteiger partial charge in [0.1, 0.15) is 6.04 Å². The molecule has 0 saturated carbocycles. The normalized spacial score (nSPS) is 12.2. The SMILES string of the molecule is Cc1ccccc1Cn1cc(C(=O)N[C@@H](CC(C)C)C(N)=O)nn1. The van der Waals surface area contributed by atoms with E-state index in [0.717, 1.165) is 11.1 Å². The first kappa shape index (κ1) is 17.7. The van der Waals surface area contributed by atoms with Gasteiger partial charge in [0.15, 0.2) is 5.69 Å². The largest absolute Gasteiger partial charge is 0.368 e. The van der Waals surface area contributed by atoms with E-state index in [1.807, 2.05) is 45.0 Å². The van der Waals surface area contributed by atoms with Gasteiger partial charge in [0, 0.05) is 0 Å². The van der Waals surface area contributed by atoms with E-state index in [1.165, 1.54) is 0 Å². The predicted octanol–water partition coefficient (Wildman–Crippen LogP) is 1.26. The van der Waals surface area contributed by atoms with Gasteiger partial charge in [0.05, 0.1) is 12.7 Å². The van der Waals surface area contributed by atoms with E-state index < -0.39 is 17.9 Å². The third-order valence-corrected chi connectivity index (χ3v) is 3.72. The van der Waals surface area contributed by atoms with E-state index in [0.29, 0.717) is 13.0 Å². The maximum absolute atomic E-state index is 12.2. The van der Waals surface area contributed by atoms with Crippen LogP contribution < -0.4 is 11.1 Å². The lowest BCUT2D eigenvalue weighted by molar-refractivity contribution is -0.120. The second-order valence-corrected chi connectivity index (χ2v) is 6.29. The first-order valence-corrected chi connectivity index (χ1v) is 7.91. The number of amides is 2. The summed E-state index contributed by atoms with van der Waals surface area (Å²) in [4.78, 5) is 23.7. The van der Waals surface area contributed by atoms with Crippen LogP contribution in [0.1, 0.15) is 41.9 Å². The summed E-state index contributed by atoms with van der Waals surface area (Å²) in [6, 6.07) is 7.23. The van der Waals surface area contributed by atoms with Gasteiger partial charge in [-0.2, -0.15) is 0 Å². The van der Waals surface area contributed by atoms with E-state index in [1.54, 1.807) is 10.9 Å². The minimum absolute atomic E-state index is 0.165. The summed E-state index contributed by atoms with van der Waals surface area (Å²) in [5, 5.41) is 10.5. The minimum Gasteiger partial charge on any atom is -0.368 e. The summed E-state index contributed by atoms with van der Waals surface area (Å²) in [5.41, 5.74) is 7.75. The van der Waals surface area contributed by atoms with Crippen molar-refractivity contribution in [1.82, 2.24) is 20.3 Å². The first-order chi connectivity index (χ1) is 11.4. The van der Waals surface area contributed by atoms with Crippen LogP contribution in [-0.4, -0.2) is 32.9 Å². The molecule has 7 nitrogen and oxygen atoms in total. The molecule has 0 aliphatic rings. The lowest BCUT2D eigenvalue weighted by Gasteiger charge is -2.16. The number of aromatic nitrogens is 3. The number of primary amides is 1. The molecule has 0 fully saturated rings. The number of nitrogens with two attached hydrogens (primary N) is 1. The molecule has 2 amide bonds. The molecule has 128 valence electrons. The average molecular weight is 329 g/mol. The smallest absolute Gasteiger partial charge is 0.274 e. The zero-order valence-corrected chi connectivity index (χ0v) is 14.2. The molecule has 1 heterocycles. The van der Waals surface area contributed by atoms with E-state index in [9.17, 15) is 9.59 Å². The van der Waals surface area contributed by atoms with Gasteiger partial charge in [-0.25, -0.2) is 4.68 Å². The molecule has 1 aromatic heterocycles. The van der Waals surface area contributed by atoms with Gasteiger partial charge < -0.3 is 11.1 Å². The summed E-state index contributed by atoms with van der Waals surface area (Å²) < 4.78 is 1.60. The van der Waals surface area contributed by atoms with E-state index in [4.69, 9.17) is 5.73 Å². The van der Waals surface area contributed by atoms with Crippen molar-refractivity contribution in [3.8, 4) is 0 Å². The minimum atomic E-state index is -0.709. The molecule has 0 spiro atoms. The highest BCUT2D eigenvalue weighted by molar-refractivity contribution is 5.95. The Hall–Kier alpha value is -2.70. The van der Waals surface area contributed by atoms with Crippen molar-refractivity contribution in [2.75, 3.05) is 0 Å². The fraction of sp³-hybridized carbons (Fsp3) is 0.412.